The fraction of sp³-hybridized carbons (Fsp3) is 0.400. The molecule has 0 spiro atoms. The van der Waals surface area contributed by atoms with Crippen LogP contribution in [-0.2, 0) is 11.2 Å². The van der Waals surface area contributed by atoms with Crippen LogP contribution in [0.5, 0.6) is 11.5 Å². The van der Waals surface area contributed by atoms with Gasteiger partial charge < -0.3 is 21.3 Å². The molecule has 0 aliphatic carbocycles. The van der Waals surface area contributed by atoms with Crippen molar-refractivity contribution in [2.45, 2.75) is 31.7 Å². The molecule has 0 heterocycles. The van der Waals surface area contributed by atoms with E-state index in [0.717, 1.165) is 12.8 Å². The molecule has 5 N–H and O–H groups in total. The third kappa shape index (κ3) is 5.21. The fourth-order valence-electron chi connectivity index (χ4n) is 1.74. The molecule has 0 aliphatic heterocycles. The standard InChI is InChI=1S/C15H20N2O3/c1-2-3-4-5-8-17-15(20)12(16)9-11-6-7-13(18)14(19)10-11/h1,6-7,10,12,18-19H,3-5,8-9,16H2,(H,17,20)/t12-/m0/s1. The Labute approximate surface area is 118 Å². The molecule has 0 bridgehead atoms. The van der Waals surface area contributed by atoms with Gasteiger partial charge in [-0.05, 0) is 37.0 Å². The van der Waals surface area contributed by atoms with Gasteiger partial charge in [-0.3, -0.25) is 4.79 Å². The summed E-state index contributed by atoms with van der Waals surface area (Å²) < 4.78 is 0. The molecule has 1 amide bonds. The summed E-state index contributed by atoms with van der Waals surface area (Å²) in [6.07, 6.45) is 7.83. The van der Waals surface area contributed by atoms with Crippen LogP contribution in [0, 0.1) is 12.3 Å². The highest BCUT2D eigenvalue weighted by Gasteiger charge is 2.14. The Morgan fingerprint density at radius 3 is 2.75 bits per heavy atom. The van der Waals surface area contributed by atoms with E-state index in [9.17, 15) is 15.0 Å². The van der Waals surface area contributed by atoms with Crippen molar-refractivity contribution in [2.75, 3.05) is 6.54 Å². The maximum absolute atomic E-state index is 11.7. The van der Waals surface area contributed by atoms with E-state index in [1.807, 2.05) is 0 Å². The van der Waals surface area contributed by atoms with Gasteiger partial charge in [-0.1, -0.05) is 6.07 Å². The zero-order valence-corrected chi connectivity index (χ0v) is 11.3. The Morgan fingerprint density at radius 1 is 1.35 bits per heavy atom. The summed E-state index contributed by atoms with van der Waals surface area (Å²) in [5.74, 6) is 1.89. The average molecular weight is 276 g/mol. The number of benzene rings is 1. The molecule has 1 aromatic rings. The number of amides is 1. The number of phenols is 2. The maximum atomic E-state index is 11.7. The summed E-state index contributed by atoms with van der Waals surface area (Å²) in [6, 6.07) is 3.70. The van der Waals surface area contributed by atoms with Gasteiger partial charge in [-0.15, -0.1) is 12.3 Å². The summed E-state index contributed by atoms with van der Waals surface area (Å²) in [4.78, 5) is 11.7. The summed E-state index contributed by atoms with van der Waals surface area (Å²) in [6.45, 7) is 0.551. The number of hydrogen-bond donors (Lipinski definition) is 4. The van der Waals surface area contributed by atoms with Gasteiger partial charge >= 0.3 is 0 Å². The topological polar surface area (TPSA) is 95.6 Å². The van der Waals surface area contributed by atoms with Crippen molar-refractivity contribution in [1.82, 2.24) is 5.32 Å². The van der Waals surface area contributed by atoms with Gasteiger partial charge in [0.1, 0.15) is 0 Å². The van der Waals surface area contributed by atoms with E-state index < -0.39 is 6.04 Å². The lowest BCUT2D eigenvalue weighted by molar-refractivity contribution is -0.122. The number of hydrogen-bond acceptors (Lipinski definition) is 4. The van der Waals surface area contributed by atoms with Gasteiger partial charge in [-0.25, -0.2) is 0 Å². The number of phenolic OH excluding ortho intramolecular Hbond substituents is 2. The Hall–Kier alpha value is -2.19. The molecule has 5 nitrogen and oxygen atoms in total. The van der Waals surface area contributed by atoms with E-state index in [1.165, 1.54) is 12.1 Å². The maximum Gasteiger partial charge on any atom is 0.237 e. The Balaban J connectivity index is 2.37. The first-order valence-electron chi connectivity index (χ1n) is 6.52. The lowest BCUT2D eigenvalue weighted by atomic mass is 10.1. The van der Waals surface area contributed by atoms with Crippen molar-refractivity contribution in [3.8, 4) is 23.8 Å². The van der Waals surface area contributed by atoms with Crippen LogP contribution in [0.3, 0.4) is 0 Å². The Kier molecular flexibility index (Phi) is 6.41. The molecule has 0 saturated carbocycles. The second-order valence-corrected chi connectivity index (χ2v) is 4.59. The lowest BCUT2D eigenvalue weighted by Crippen LogP contribution is -2.42. The van der Waals surface area contributed by atoms with Crippen molar-refractivity contribution in [2.24, 2.45) is 5.73 Å². The zero-order chi connectivity index (χ0) is 15.0. The van der Waals surface area contributed by atoms with Crippen molar-refractivity contribution in [3.63, 3.8) is 0 Å². The van der Waals surface area contributed by atoms with Crippen LogP contribution in [-0.4, -0.2) is 28.7 Å². The smallest absolute Gasteiger partial charge is 0.237 e. The van der Waals surface area contributed by atoms with Gasteiger partial charge in [0, 0.05) is 13.0 Å². The minimum Gasteiger partial charge on any atom is -0.504 e. The van der Waals surface area contributed by atoms with Crippen LogP contribution >= 0.6 is 0 Å². The zero-order valence-electron chi connectivity index (χ0n) is 11.3. The van der Waals surface area contributed by atoms with E-state index in [-0.39, 0.29) is 17.4 Å². The second kappa shape index (κ2) is 8.08. The van der Waals surface area contributed by atoms with E-state index >= 15 is 0 Å². The van der Waals surface area contributed by atoms with Crippen LogP contribution in [0.2, 0.25) is 0 Å². The minimum absolute atomic E-state index is 0.194. The van der Waals surface area contributed by atoms with E-state index in [2.05, 4.69) is 11.2 Å². The minimum atomic E-state index is -0.688. The Morgan fingerprint density at radius 2 is 2.10 bits per heavy atom. The molecule has 1 rings (SSSR count). The van der Waals surface area contributed by atoms with Crippen LogP contribution in [0.1, 0.15) is 24.8 Å². The number of carbonyl (C=O) groups is 1. The highest BCUT2D eigenvalue weighted by Crippen LogP contribution is 2.25. The first kappa shape index (κ1) is 15.9. The molecule has 108 valence electrons. The van der Waals surface area contributed by atoms with Crippen LogP contribution in [0.15, 0.2) is 18.2 Å². The third-order valence-electron chi connectivity index (χ3n) is 2.88. The molecule has 0 aliphatic rings. The number of unbranched alkanes of at least 4 members (excludes halogenated alkanes) is 2. The largest absolute Gasteiger partial charge is 0.504 e. The summed E-state index contributed by atoms with van der Waals surface area (Å²) >= 11 is 0. The molecule has 0 saturated heterocycles. The van der Waals surface area contributed by atoms with Crippen molar-refractivity contribution in [1.29, 1.82) is 0 Å². The predicted octanol–water partition coefficient (Wildman–Crippen LogP) is 0.887. The fourth-order valence-corrected chi connectivity index (χ4v) is 1.74. The molecule has 1 aromatic carbocycles. The van der Waals surface area contributed by atoms with Gasteiger partial charge in [0.15, 0.2) is 11.5 Å². The van der Waals surface area contributed by atoms with Gasteiger partial charge in [0.05, 0.1) is 6.04 Å². The number of rotatable bonds is 7. The number of nitrogens with two attached hydrogens (primary N) is 1. The van der Waals surface area contributed by atoms with Gasteiger partial charge in [0.2, 0.25) is 5.91 Å². The molecular formula is C15H20N2O3. The first-order valence-corrected chi connectivity index (χ1v) is 6.52. The summed E-state index contributed by atoms with van der Waals surface area (Å²) in [5, 5.41) is 21.3. The van der Waals surface area contributed by atoms with Gasteiger partial charge in [0.25, 0.3) is 0 Å². The van der Waals surface area contributed by atoms with Gasteiger partial charge in [-0.2, -0.15) is 0 Å². The molecule has 20 heavy (non-hydrogen) atoms. The summed E-state index contributed by atoms with van der Waals surface area (Å²) in [7, 11) is 0. The molecule has 1 atom stereocenters. The van der Waals surface area contributed by atoms with E-state index in [4.69, 9.17) is 12.2 Å². The third-order valence-corrected chi connectivity index (χ3v) is 2.88. The van der Waals surface area contributed by atoms with Crippen molar-refractivity contribution < 1.29 is 15.0 Å². The molecule has 0 unspecified atom stereocenters. The molecule has 0 radical (unpaired) electrons. The quantitative estimate of drug-likeness (QED) is 0.338. The van der Waals surface area contributed by atoms with Crippen LogP contribution < -0.4 is 11.1 Å². The molecule has 0 aromatic heterocycles. The average Bonchev–Trinajstić information content (AvgIpc) is 2.42. The first-order chi connectivity index (χ1) is 9.54. The molecule has 5 heteroatoms. The normalized spacial score (nSPS) is 11.6. The summed E-state index contributed by atoms with van der Waals surface area (Å²) in [5.41, 5.74) is 6.48. The van der Waals surface area contributed by atoms with Crippen LogP contribution in [0.4, 0.5) is 0 Å². The van der Waals surface area contributed by atoms with E-state index in [0.29, 0.717) is 24.9 Å². The predicted molar refractivity (Wildman–Crippen MR) is 77.1 cm³/mol. The van der Waals surface area contributed by atoms with Crippen molar-refractivity contribution >= 4 is 5.91 Å². The van der Waals surface area contributed by atoms with E-state index in [1.54, 1.807) is 6.07 Å². The Bertz CT molecular complexity index is 494. The molecule has 0 fully saturated rings. The highest BCUT2D eigenvalue weighted by atomic mass is 16.3. The van der Waals surface area contributed by atoms with Crippen LogP contribution in [0.25, 0.3) is 0 Å². The van der Waals surface area contributed by atoms with Crippen molar-refractivity contribution in [3.05, 3.63) is 23.8 Å². The number of nitrogens with one attached hydrogen (secondary N) is 1. The SMILES string of the molecule is C#CCCCCNC(=O)[C@@H](N)Cc1ccc(O)c(O)c1. The lowest BCUT2D eigenvalue weighted by Gasteiger charge is -2.12. The number of terminal acetylenes is 1. The molecular weight excluding hydrogens is 256 g/mol. The highest BCUT2D eigenvalue weighted by molar-refractivity contribution is 5.81. The number of aromatic hydroxyl groups is 2. The second-order valence-electron chi connectivity index (χ2n) is 4.59. The monoisotopic (exact) mass is 276 g/mol. The number of carbonyl (C=O) groups excluding carboxylic acids is 1.